The van der Waals surface area contributed by atoms with Crippen molar-refractivity contribution in [3.8, 4) is 17.3 Å². The molecule has 1 fully saturated rings. The molecule has 0 saturated carbocycles. The van der Waals surface area contributed by atoms with Crippen molar-refractivity contribution in [3.63, 3.8) is 0 Å². The highest BCUT2D eigenvalue weighted by molar-refractivity contribution is 6.04. The Morgan fingerprint density at radius 3 is 2.66 bits per heavy atom. The fourth-order valence-corrected chi connectivity index (χ4v) is 3.96. The number of hydrogen-bond acceptors (Lipinski definition) is 6. The molecule has 1 atom stereocenters. The van der Waals surface area contributed by atoms with Crippen molar-refractivity contribution < 1.29 is 9.53 Å². The molecule has 0 spiro atoms. The van der Waals surface area contributed by atoms with E-state index in [2.05, 4.69) is 14.9 Å². The first-order valence-corrected chi connectivity index (χ1v) is 9.79. The van der Waals surface area contributed by atoms with Gasteiger partial charge in [0.2, 0.25) is 11.9 Å². The summed E-state index contributed by atoms with van der Waals surface area (Å²) < 4.78 is 7.29. The first-order chi connectivity index (χ1) is 14.2. The van der Waals surface area contributed by atoms with Crippen LogP contribution in [-0.4, -0.2) is 57.8 Å². The van der Waals surface area contributed by atoms with Crippen LogP contribution in [0.3, 0.4) is 0 Å². The molecule has 8 nitrogen and oxygen atoms in total. The van der Waals surface area contributed by atoms with Crippen molar-refractivity contribution in [3.05, 3.63) is 48.9 Å². The van der Waals surface area contributed by atoms with Gasteiger partial charge >= 0.3 is 0 Å². The lowest BCUT2D eigenvalue weighted by Gasteiger charge is -2.47. The quantitative estimate of drug-likeness (QED) is 0.680. The summed E-state index contributed by atoms with van der Waals surface area (Å²) in [5.41, 5.74) is 1.71. The molecule has 0 aliphatic carbocycles. The zero-order chi connectivity index (χ0) is 20.0. The number of hydrogen-bond donors (Lipinski definition) is 0. The molecule has 8 heteroatoms. The van der Waals surface area contributed by atoms with Crippen LogP contribution < -0.4 is 9.80 Å². The van der Waals surface area contributed by atoms with Gasteiger partial charge in [0.05, 0.1) is 25.5 Å². The number of carbonyl (C=O) groups is 1. The largest absolute Gasteiger partial charge is 0.377 e. The predicted molar refractivity (Wildman–Crippen MR) is 109 cm³/mol. The fraction of sp³-hybridized carbons (Fsp3) is 0.333. The summed E-state index contributed by atoms with van der Waals surface area (Å²) in [6, 6.07) is 9.85. The van der Waals surface area contributed by atoms with Crippen LogP contribution in [0.25, 0.3) is 17.3 Å². The maximum Gasteiger partial charge on any atom is 0.249 e. The summed E-state index contributed by atoms with van der Waals surface area (Å²) in [5.74, 6) is 2.14. The molecule has 29 heavy (non-hydrogen) atoms. The van der Waals surface area contributed by atoms with Crippen molar-refractivity contribution in [1.29, 1.82) is 0 Å². The predicted octanol–water partition coefficient (Wildman–Crippen LogP) is 2.29. The lowest BCUT2D eigenvalue weighted by Crippen LogP contribution is -2.61. The second-order valence-electron chi connectivity index (χ2n) is 7.29. The SMILES string of the molecule is CCC1C(=O)N(C)c2cnc(-n3ccnc3-c3ccccc3)nc2N1C1COC1. The lowest BCUT2D eigenvalue weighted by molar-refractivity contribution is -0.120. The van der Waals surface area contributed by atoms with E-state index in [1.165, 1.54) is 0 Å². The zero-order valence-electron chi connectivity index (χ0n) is 16.4. The first kappa shape index (κ1) is 17.8. The number of likely N-dealkylation sites (N-methyl/N-ethyl adjacent to an activating group) is 1. The van der Waals surface area contributed by atoms with Crippen LogP contribution in [0.1, 0.15) is 13.3 Å². The lowest BCUT2D eigenvalue weighted by atomic mass is 10.0. The summed E-state index contributed by atoms with van der Waals surface area (Å²) in [5, 5.41) is 0. The van der Waals surface area contributed by atoms with E-state index in [1.54, 1.807) is 24.3 Å². The first-order valence-electron chi connectivity index (χ1n) is 9.79. The average Bonchev–Trinajstić information content (AvgIpc) is 3.21. The van der Waals surface area contributed by atoms with Crippen LogP contribution in [-0.2, 0) is 9.53 Å². The summed E-state index contributed by atoms with van der Waals surface area (Å²) in [6.45, 7) is 3.23. The number of carbonyl (C=O) groups excluding carboxylic acids is 1. The molecule has 3 aromatic rings. The number of fused-ring (bicyclic) bond motifs is 1. The standard InChI is InChI=1S/C21H22N6O2/c1-3-16-20(28)25(2)17-11-23-21(24-19(17)27(16)15-12-29-13-15)26-10-9-22-18(26)14-7-5-4-6-8-14/h4-11,15-16H,3,12-13H2,1-2H3. The van der Waals surface area contributed by atoms with Crippen LogP contribution in [0.15, 0.2) is 48.9 Å². The van der Waals surface area contributed by atoms with Gasteiger partial charge < -0.3 is 14.5 Å². The minimum atomic E-state index is -0.250. The van der Waals surface area contributed by atoms with E-state index >= 15 is 0 Å². The Hall–Kier alpha value is -3.26. The Bertz CT molecular complexity index is 1050. The molecule has 2 aliphatic heterocycles. The van der Waals surface area contributed by atoms with Gasteiger partial charge in [-0.05, 0) is 6.42 Å². The molecular formula is C21H22N6O2. The minimum absolute atomic E-state index is 0.0656. The highest BCUT2D eigenvalue weighted by Gasteiger charge is 2.42. The summed E-state index contributed by atoms with van der Waals surface area (Å²) in [4.78, 5) is 30.6. The van der Waals surface area contributed by atoms with Gasteiger partial charge in [0.15, 0.2) is 5.82 Å². The third-order valence-electron chi connectivity index (χ3n) is 5.58. The van der Waals surface area contributed by atoms with Gasteiger partial charge in [-0.2, -0.15) is 4.98 Å². The smallest absolute Gasteiger partial charge is 0.249 e. The van der Waals surface area contributed by atoms with E-state index in [4.69, 9.17) is 9.72 Å². The summed E-state index contributed by atoms with van der Waals surface area (Å²) >= 11 is 0. The Labute approximate surface area is 168 Å². The monoisotopic (exact) mass is 390 g/mol. The molecule has 1 amide bonds. The summed E-state index contributed by atoms with van der Waals surface area (Å²) in [7, 11) is 1.79. The second-order valence-corrected chi connectivity index (χ2v) is 7.29. The fourth-order valence-electron chi connectivity index (χ4n) is 3.96. The molecule has 0 radical (unpaired) electrons. The molecule has 2 aromatic heterocycles. The molecule has 1 saturated heterocycles. The maximum absolute atomic E-state index is 12.9. The van der Waals surface area contributed by atoms with Gasteiger partial charge in [-0.25, -0.2) is 9.97 Å². The number of benzene rings is 1. The molecule has 4 heterocycles. The van der Waals surface area contributed by atoms with Gasteiger partial charge in [0.25, 0.3) is 0 Å². The van der Waals surface area contributed by atoms with Crippen molar-refractivity contribution >= 4 is 17.4 Å². The molecule has 1 unspecified atom stereocenters. The molecule has 148 valence electrons. The van der Waals surface area contributed by atoms with Gasteiger partial charge in [0.1, 0.15) is 17.6 Å². The average molecular weight is 390 g/mol. The van der Waals surface area contributed by atoms with Crippen molar-refractivity contribution in [2.75, 3.05) is 30.1 Å². The van der Waals surface area contributed by atoms with Gasteiger partial charge in [-0.1, -0.05) is 37.3 Å². The Morgan fingerprint density at radius 1 is 1.17 bits per heavy atom. The molecule has 0 bridgehead atoms. The van der Waals surface area contributed by atoms with Crippen LogP contribution in [0, 0.1) is 0 Å². The topological polar surface area (TPSA) is 76.4 Å². The molecule has 0 N–H and O–H groups in total. The minimum Gasteiger partial charge on any atom is -0.377 e. The Kier molecular flexibility index (Phi) is 4.28. The number of ether oxygens (including phenoxy) is 1. The Morgan fingerprint density at radius 2 is 1.97 bits per heavy atom. The van der Waals surface area contributed by atoms with E-state index in [0.717, 1.165) is 22.9 Å². The number of aromatic nitrogens is 4. The van der Waals surface area contributed by atoms with Crippen LogP contribution in [0.5, 0.6) is 0 Å². The number of rotatable bonds is 4. The van der Waals surface area contributed by atoms with Gasteiger partial charge in [-0.15, -0.1) is 0 Å². The van der Waals surface area contributed by atoms with E-state index in [1.807, 2.05) is 48.0 Å². The van der Waals surface area contributed by atoms with Crippen molar-refractivity contribution in [2.45, 2.75) is 25.4 Å². The maximum atomic E-state index is 12.9. The van der Waals surface area contributed by atoms with E-state index in [9.17, 15) is 4.79 Å². The highest BCUT2D eigenvalue weighted by Crippen LogP contribution is 2.37. The molecular weight excluding hydrogens is 368 g/mol. The van der Waals surface area contributed by atoms with Crippen molar-refractivity contribution in [1.82, 2.24) is 19.5 Å². The van der Waals surface area contributed by atoms with E-state index in [0.29, 0.717) is 25.6 Å². The van der Waals surface area contributed by atoms with Crippen LogP contribution in [0.4, 0.5) is 11.5 Å². The zero-order valence-corrected chi connectivity index (χ0v) is 16.4. The second kappa shape index (κ2) is 6.97. The third-order valence-corrected chi connectivity index (χ3v) is 5.58. The summed E-state index contributed by atoms with van der Waals surface area (Å²) in [6.07, 6.45) is 6.03. The Balaban J connectivity index is 1.63. The van der Waals surface area contributed by atoms with E-state index in [-0.39, 0.29) is 18.0 Å². The number of anilines is 2. The molecule has 5 rings (SSSR count). The van der Waals surface area contributed by atoms with Crippen molar-refractivity contribution in [2.24, 2.45) is 0 Å². The van der Waals surface area contributed by atoms with E-state index < -0.39 is 0 Å². The molecule has 1 aromatic carbocycles. The number of nitrogens with zero attached hydrogens (tertiary/aromatic N) is 6. The normalized spacial score (nSPS) is 19.2. The van der Waals surface area contributed by atoms with Gasteiger partial charge in [-0.3, -0.25) is 9.36 Å². The van der Waals surface area contributed by atoms with Gasteiger partial charge in [0, 0.05) is 25.0 Å². The third kappa shape index (κ3) is 2.79. The highest BCUT2D eigenvalue weighted by atomic mass is 16.5. The van der Waals surface area contributed by atoms with Crippen LogP contribution >= 0.6 is 0 Å². The number of amides is 1. The van der Waals surface area contributed by atoms with Crippen LogP contribution in [0.2, 0.25) is 0 Å². The number of imidazole rings is 1. The molecule has 2 aliphatic rings.